The number of amides is 1. The molecule has 0 aliphatic heterocycles. The summed E-state index contributed by atoms with van der Waals surface area (Å²) < 4.78 is 41.2. The Morgan fingerprint density at radius 3 is 2.52 bits per heavy atom. The number of nitrogens with zero attached hydrogens (tertiary/aromatic N) is 2. The van der Waals surface area contributed by atoms with E-state index in [1.165, 1.54) is 24.3 Å². The number of carbonyl (C=O) groups is 1. The molecule has 1 amide bonds. The summed E-state index contributed by atoms with van der Waals surface area (Å²) in [6, 6.07) is 5.83. The second-order valence-electron chi connectivity index (χ2n) is 4.09. The van der Waals surface area contributed by atoms with Crippen LogP contribution in [0.3, 0.4) is 0 Å². The number of hydrogen-bond acceptors (Lipinski definition) is 5. The predicted octanol–water partition coefficient (Wildman–Crippen LogP) is 1.39. The van der Waals surface area contributed by atoms with E-state index in [0.717, 1.165) is 6.39 Å². The van der Waals surface area contributed by atoms with Gasteiger partial charge in [-0.1, -0.05) is 0 Å². The number of nitrogens with one attached hydrogen (secondary N) is 1. The Balaban J connectivity index is 1.97. The largest absolute Gasteiger partial charge is 0.423 e. The minimum absolute atomic E-state index is 0.146. The quantitative estimate of drug-likeness (QED) is 0.891. The van der Waals surface area contributed by atoms with Crippen molar-refractivity contribution >= 4 is 5.91 Å². The van der Waals surface area contributed by atoms with Crippen LogP contribution in [0, 0.1) is 0 Å². The molecule has 1 atom stereocenters. The van der Waals surface area contributed by atoms with Crippen LogP contribution in [0.1, 0.15) is 10.4 Å². The molecule has 2 aromatic rings. The van der Waals surface area contributed by atoms with Crippen molar-refractivity contribution in [2.45, 2.75) is 12.3 Å². The first kappa shape index (κ1) is 15.0. The Hall–Kier alpha value is -2.42. The normalized spacial score (nSPS) is 13.0. The second-order valence-corrected chi connectivity index (χ2v) is 4.09. The SMILES string of the molecule is O=C(NCC(O)C(F)(F)F)c1ccc(-c2nnco2)cc1. The molecule has 2 N–H and O–H groups in total. The highest BCUT2D eigenvalue weighted by Crippen LogP contribution is 2.19. The van der Waals surface area contributed by atoms with Gasteiger partial charge in [0.25, 0.3) is 5.91 Å². The third-order valence-electron chi connectivity index (χ3n) is 2.59. The molecule has 6 nitrogen and oxygen atoms in total. The van der Waals surface area contributed by atoms with Crippen molar-refractivity contribution in [2.24, 2.45) is 0 Å². The van der Waals surface area contributed by atoms with Crippen molar-refractivity contribution in [1.82, 2.24) is 15.5 Å². The fraction of sp³-hybridized carbons (Fsp3) is 0.250. The van der Waals surface area contributed by atoms with Crippen LogP contribution in [0.15, 0.2) is 35.1 Å². The van der Waals surface area contributed by atoms with Gasteiger partial charge in [-0.25, -0.2) is 0 Å². The van der Waals surface area contributed by atoms with Crippen LogP contribution < -0.4 is 5.32 Å². The molecule has 0 radical (unpaired) electrons. The van der Waals surface area contributed by atoms with Gasteiger partial charge in [0.2, 0.25) is 12.3 Å². The summed E-state index contributed by atoms with van der Waals surface area (Å²) in [5.74, 6) is -0.468. The molecule has 0 bridgehead atoms. The predicted molar refractivity (Wildman–Crippen MR) is 64.1 cm³/mol. The van der Waals surface area contributed by atoms with Gasteiger partial charge in [0.15, 0.2) is 6.10 Å². The zero-order chi connectivity index (χ0) is 15.5. The molecule has 1 unspecified atom stereocenters. The average Bonchev–Trinajstić information content (AvgIpc) is 2.97. The van der Waals surface area contributed by atoms with Gasteiger partial charge >= 0.3 is 6.18 Å². The van der Waals surface area contributed by atoms with Gasteiger partial charge < -0.3 is 14.8 Å². The van der Waals surface area contributed by atoms with Gasteiger partial charge in [-0.2, -0.15) is 13.2 Å². The van der Waals surface area contributed by atoms with Gasteiger partial charge in [0.05, 0.1) is 6.54 Å². The van der Waals surface area contributed by atoms with E-state index in [9.17, 15) is 18.0 Å². The highest BCUT2D eigenvalue weighted by molar-refractivity contribution is 5.94. The Bertz CT molecular complexity index is 596. The third-order valence-corrected chi connectivity index (χ3v) is 2.59. The molecule has 1 aromatic carbocycles. The van der Waals surface area contributed by atoms with Gasteiger partial charge in [-0.05, 0) is 24.3 Å². The number of alkyl halides is 3. The molecule has 9 heteroatoms. The summed E-state index contributed by atoms with van der Waals surface area (Å²) in [7, 11) is 0. The highest BCUT2D eigenvalue weighted by atomic mass is 19.4. The molecular formula is C12H10F3N3O3. The molecule has 112 valence electrons. The minimum atomic E-state index is -4.77. The Kier molecular flexibility index (Phi) is 4.22. The molecular weight excluding hydrogens is 291 g/mol. The first-order valence-corrected chi connectivity index (χ1v) is 5.77. The minimum Gasteiger partial charge on any atom is -0.423 e. The summed E-state index contributed by atoms with van der Waals surface area (Å²) in [6.45, 7) is -0.909. The summed E-state index contributed by atoms with van der Waals surface area (Å²) in [4.78, 5) is 11.6. The maximum Gasteiger partial charge on any atom is 0.416 e. The van der Waals surface area contributed by atoms with Crippen LogP contribution in [-0.2, 0) is 0 Å². The molecule has 0 saturated carbocycles. The Morgan fingerprint density at radius 1 is 1.33 bits per heavy atom. The fourth-order valence-electron chi connectivity index (χ4n) is 1.47. The molecule has 1 heterocycles. The maximum atomic E-state index is 12.1. The number of halogens is 3. The van der Waals surface area contributed by atoms with Gasteiger partial charge in [-0.3, -0.25) is 4.79 Å². The zero-order valence-electron chi connectivity index (χ0n) is 10.5. The molecule has 0 spiro atoms. The van der Waals surface area contributed by atoms with E-state index in [0.29, 0.717) is 5.56 Å². The lowest BCUT2D eigenvalue weighted by Crippen LogP contribution is -2.40. The molecule has 0 aliphatic carbocycles. The molecule has 0 fully saturated rings. The molecule has 2 rings (SSSR count). The Morgan fingerprint density at radius 2 is 2.00 bits per heavy atom. The van der Waals surface area contributed by atoms with Gasteiger partial charge in [0, 0.05) is 11.1 Å². The van der Waals surface area contributed by atoms with E-state index in [1.807, 2.05) is 5.32 Å². The first-order chi connectivity index (χ1) is 9.88. The lowest BCUT2D eigenvalue weighted by atomic mass is 10.1. The van der Waals surface area contributed by atoms with Gasteiger partial charge in [-0.15, -0.1) is 10.2 Å². The standard InChI is InChI=1S/C12H10F3N3O3/c13-12(14,15)9(19)5-16-10(20)7-1-3-8(4-2-7)11-18-17-6-21-11/h1-4,6,9,19H,5H2,(H,16,20). The number of aromatic nitrogens is 2. The maximum absolute atomic E-state index is 12.1. The smallest absolute Gasteiger partial charge is 0.416 e. The fourth-order valence-corrected chi connectivity index (χ4v) is 1.47. The number of carbonyl (C=O) groups excluding carboxylic acids is 1. The number of rotatable bonds is 4. The van der Waals surface area contributed by atoms with Crippen molar-refractivity contribution in [3.8, 4) is 11.5 Å². The number of hydrogen-bond donors (Lipinski definition) is 2. The van der Waals surface area contributed by atoms with E-state index in [2.05, 4.69) is 10.2 Å². The van der Waals surface area contributed by atoms with E-state index < -0.39 is 24.7 Å². The first-order valence-electron chi connectivity index (χ1n) is 5.77. The van der Waals surface area contributed by atoms with E-state index in [4.69, 9.17) is 9.52 Å². The molecule has 0 saturated heterocycles. The van der Waals surface area contributed by atoms with Crippen molar-refractivity contribution in [1.29, 1.82) is 0 Å². The summed E-state index contributed by atoms with van der Waals surface area (Å²) in [5.41, 5.74) is 0.715. The van der Waals surface area contributed by atoms with Crippen LogP contribution in [-0.4, -0.2) is 40.0 Å². The van der Waals surface area contributed by atoms with Crippen LogP contribution in [0.5, 0.6) is 0 Å². The van der Waals surface area contributed by atoms with Crippen molar-refractivity contribution in [3.63, 3.8) is 0 Å². The van der Waals surface area contributed by atoms with Crippen molar-refractivity contribution in [3.05, 3.63) is 36.2 Å². The van der Waals surface area contributed by atoms with Crippen LogP contribution in [0.25, 0.3) is 11.5 Å². The van der Waals surface area contributed by atoms with E-state index >= 15 is 0 Å². The summed E-state index contributed by atoms with van der Waals surface area (Å²) >= 11 is 0. The lowest BCUT2D eigenvalue weighted by molar-refractivity contribution is -0.201. The molecule has 1 aromatic heterocycles. The van der Waals surface area contributed by atoms with Crippen LogP contribution in [0.4, 0.5) is 13.2 Å². The average molecular weight is 301 g/mol. The van der Waals surface area contributed by atoms with Crippen LogP contribution >= 0.6 is 0 Å². The van der Waals surface area contributed by atoms with E-state index in [1.54, 1.807) is 0 Å². The Labute approximate surface area is 116 Å². The number of benzene rings is 1. The lowest BCUT2D eigenvalue weighted by Gasteiger charge is -2.14. The summed E-state index contributed by atoms with van der Waals surface area (Å²) in [5, 5.41) is 18.0. The number of aliphatic hydroxyl groups excluding tert-OH is 1. The molecule has 21 heavy (non-hydrogen) atoms. The van der Waals surface area contributed by atoms with Gasteiger partial charge in [0.1, 0.15) is 0 Å². The summed E-state index contributed by atoms with van der Waals surface area (Å²) in [6.07, 6.45) is -6.22. The van der Waals surface area contributed by atoms with Crippen molar-refractivity contribution < 1.29 is 27.5 Å². The number of aliphatic hydroxyl groups is 1. The van der Waals surface area contributed by atoms with E-state index in [-0.39, 0.29) is 11.5 Å². The second kappa shape index (κ2) is 5.92. The monoisotopic (exact) mass is 301 g/mol. The van der Waals surface area contributed by atoms with Crippen LogP contribution in [0.2, 0.25) is 0 Å². The topological polar surface area (TPSA) is 88.2 Å². The zero-order valence-corrected chi connectivity index (χ0v) is 10.5. The molecule has 0 aliphatic rings. The van der Waals surface area contributed by atoms with Crippen molar-refractivity contribution in [2.75, 3.05) is 6.54 Å². The third kappa shape index (κ3) is 3.78. The highest BCUT2D eigenvalue weighted by Gasteiger charge is 2.38.